The van der Waals surface area contributed by atoms with Crippen LogP contribution >= 0.6 is 15.9 Å². The quantitative estimate of drug-likeness (QED) is 0.553. The number of hydrogen-bond donors (Lipinski definition) is 0. The van der Waals surface area contributed by atoms with Gasteiger partial charge in [0.2, 0.25) is 0 Å². The minimum Gasteiger partial charge on any atom is -0.258 e. The molecule has 0 N–H and O–H groups in total. The molecule has 0 atom stereocenters. The molecule has 0 spiro atoms. The zero-order chi connectivity index (χ0) is 9.30. The van der Waals surface area contributed by atoms with Crippen LogP contribution in [-0.4, -0.2) is 4.92 Å². The van der Waals surface area contributed by atoms with Gasteiger partial charge < -0.3 is 0 Å². The zero-order valence-corrected chi connectivity index (χ0v) is 7.76. The summed E-state index contributed by atoms with van der Waals surface area (Å²) < 4.78 is 12.8. The highest BCUT2D eigenvalue weighted by molar-refractivity contribution is 9.10. The summed E-state index contributed by atoms with van der Waals surface area (Å²) in [7, 11) is 0. The summed E-state index contributed by atoms with van der Waals surface area (Å²) in [5.74, 6) is -0.482. The molecule has 12 heavy (non-hydrogen) atoms. The van der Waals surface area contributed by atoms with Crippen LogP contribution in [0.15, 0.2) is 16.6 Å². The Labute approximate surface area is 76.5 Å². The van der Waals surface area contributed by atoms with Crippen molar-refractivity contribution in [3.8, 4) is 0 Å². The van der Waals surface area contributed by atoms with Crippen LogP contribution in [0.1, 0.15) is 5.56 Å². The van der Waals surface area contributed by atoms with E-state index in [1.54, 1.807) is 0 Å². The van der Waals surface area contributed by atoms with Crippen molar-refractivity contribution in [3.63, 3.8) is 0 Å². The number of halogens is 2. The summed E-state index contributed by atoms with van der Waals surface area (Å²) in [6.07, 6.45) is 0. The highest BCUT2D eigenvalue weighted by atomic mass is 79.9. The van der Waals surface area contributed by atoms with Crippen LogP contribution in [-0.2, 0) is 0 Å². The Bertz CT molecular complexity index is 317. The largest absolute Gasteiger partial charge is 0.286 e. The first-order chi connectivity index (χ1) is 5.52. The first-order valence-electron chi connectivity index (χ1n) is 3.12. The van der Waals surface area contributed by atoms with E-state index in [0.29, 0.717) is 5.56 Å². The Kier molecular flexibility index (Phi) is 2.42. The Hall–Kier alpha value is -0.970. The van der Waals surface area contributed by atoms with E-state index in [1.165, 1.54) is 6.92 Å². The first kappa shape index (κ1) is 9.12. The molecule has 0 aliphatic rings. The van der Waals surface area contributed by atoms with Crippen molar-refractivity contribution in [2.75, 3.05) is 0 Å². The average Bonchev–Trinajstić information content (AvgIpc) is 1.82. The maximum atomic E-state index is 12.6. The molecule has 3 nitrogen and oxygen atoms in total. The van der Waals surface area contributed by atoms with Crippen LogP contribution in [0, 0.1) is 22.9 Å². The van der Waals surface area contributed by atoms with E-state index in [2.05, 4.69) is 15.9 Å². The summed E-state index contributed by atoms with van der Waals surface area (Å²) in [4.78, 5) is 9.86. The molecule has 1 rings (SSSR count). The zero-order valence-electron chi connectivity index (χ0n) is 6.17. The second-order valence-electron chi connectivity index (χ2n) is 2.31. The van der Waals surface area contributed by atoms with E-state index < -0.39 is 10.7 Å². The van der Waals surface area contributed by atoms with E-state index in [9.17, 15) is 14.5 Å². The number of benzene rings is 1. The molecule has 0 aliphatic carbocycles. The Morgan fingerprint density at radius 2 is 2.17 bits per heavy atom. The standard InChI is InChI=1S/C7H5BrFNO2/c1-4-2-5(9)3-6(8)7(4)10(11)12/h2-3H,1H3. The minimum absolute atomic E-state index is 0.0867. The van der Waals surface area contributed by atoms with Gasteiger partial charge in [0, 0.05) is 5.56 Å². The van der Waals surface area contributed by atoms with Crippen LogP contribution in [0.2, 0.25) is 0 Å². The fourth-order valence-electron chi connectivity index (χ4n) is 0.926. The molecule has 0 bridgehead atoms. The van der Waals surface area contributed by atoms with Gasteiger partial charge in [-0.25, -0.2) is 4.39 Å². The van der Waals surface area contributed by atoms with Crippen molar-refractivity contribution >= 4 is 21.6 Å². The molecule has 0 saturated carbocycles. The van der Waals surface area contributed by atoms with Crippen molar-refractivity contribution < 1.29 is 9.31 Å². The lowest BCUT2D eigenvalue weighted by Gasteiger charge is -1.98. The van der Waals surface area contributed by atoms with E-state index in [4.69, 9.17) is 0 Å². The van der Waals surface area contributed by atoms with Gasteiger partial charge in [0.25, 0.3) is 5.69 Å². The van der Waals surface area contributed by atoms with Crippen LogP contribution in [0.3, 0.4) is 0 Å². The predicted molar refractivity (Wildman–Crippen MR) is 45.5 cm³/mol. The third-order valence-electron chi connectivity index (χ3n) is 1.40. The predicted octanol–water partition coefficient (Wildman–Crippen LogP) is 2.80. The third-order valence-corrected chi connectivity index (χ3v) is 2.01. The first-order valence-corrected chi connectivity index (χ1v) is 3.91. The number of nitrogens with zero attached hydrogens (tertiary/aromatic N) is 1. The van der Waals surface area contributed by atoms with E-state index >= 15 is 0 Å². The number of nitro benzene ring substituents is 1. The summed E-state index contributed by atoms with van der Waals surface area (Å²) >= 11 is 2.92. The highest BCUT2D eigenvalue weighted by Crippen LogP contribution is 2.28. The maximum Gasteiger partial charge on any atom is 0.286 e. The summed E-state index contributed by atoms with van der Waals surface area (Å²) in [6.45, 7) is 1.49. The highest BCUT2D eigenvalue weighted by Gasteiger charge is 2.16. The topological polar surface area (TPSA) is 43.1 Å². The third kappa shape index (κ3) is 1.61. The van der Waals surface area contributed by atoms with Gasteiger partial charge in [0.05, 0.1) is 9.40 Å². The molecule has 0 heterocycles. The fraction of sp³-hybridized carbons (Fsp3) is 0.143. The molecular formula is C7H5BrFNO2. The van der Waals surface area contributed by atoms with Gasteiger partial charge >= 0.3 is 0 Å². The molecule has 0 radical (unpaired) electrons. The summed E-state index contributed by atoms with van der Waals surface area (Å²) in [5, 5.41) is 10.4. The Morgan fingerprint density at radius 3 is 2.58 bits per heavy atom. The molecule has 0 amide bonds. The van der Waals surface area contributed by atoms with Crippen LogP contribution < -0.4 is 0 Å². The normalized spacial score (nSPS) is 9.92. The lowest BCUT2D eigenvalue weighted by atomic mass is 10.2. The molecule has 1 aromatic carbocycles. The fourth-order valence-corrected chi connectivity index (χ4v) is 1.60. The van der Waals surface area contributed by atoms with Crippen molar-refractivity contribution in [2.45, 2.75) is 6.92 Å². The van der Waals surface area contributed by atoms with E-state index in [-0.39, 0.29) is 10.2 Å². The van der Waals surface area contributed by atoms with Gasteiger partial charge in [0.15, 0.2) is 0 Å². The molecule has 0 aliphatic heterocycles. The Morgan fingerprint density at radius 1 is 1.58 bits per heavy atom. The molecule has 0 saturated heterocycles. The molecule has 64 valence electrons. The molecule has 1 aromatic rings. The maximum absolute atomic E-state index is 12.6. The molecule has 0 fully saturated rings. The van der Waals surface area contributed by atoms with Gasteiger partial charge in [-0.3, -0.25) is 10.1 Å². The van der Waals surface area contributed by atoms with Gasteiger partial charge in [-0.05, 0) is 35.0 Å². The molecule has 0 unspecified atom stereocenters. The Balaban J connectivity index is 3.38. The van der Waals surface area contributed by atoms with Crippen molar-refractivity contribution in [2.24, 2.45) is 0 Å². The molecule has 0 aromatic heterocycles. The van der Waals surface area contributed by atoms with Crippen LogP contribution in [0.5, 0.6) is 0 Å². The SMILES string of the molecule is Cc1cc(F)cc(Br)c1[N+](=O)[O-]. The number of aryl methyl sites for hydroxylation is 1. The average molecular weight is 234 g/mol. The van der Waals surface area contributed by atoms with Crippen molar-refractivity contribution in [1.29, 1.82) is 0 Å². The van der Waals surface area contributed by atoms with E-state index in [1.807, 2.05) is 0 Å². The van der Waals surface area contributed by atoms with Gasteiger partial charge in [0.1, 0.15) is 5.82 Å². The lowest BCUT2D eigenvalue weighted by Crippen LogP contribution is -1.93. The van der Waals surface area contributed by atoms with Crippen molar-refractivity contribution in [1.82, 2.24) is 0 Å². The second kappa shape index (κ2) is 3.18. The van der Waals surface area contributed by atoms with Crippen LogP contribution in [0.25, 0.3) is 0 Å². The monoisotopic (exact) mass is 233 g/mol. The molecular weight excluding hydrogens is 229 g/mol. The van der Waals surface area contributed by atoms with E-state index in [0.717, 1.165) is 12.1 Å². The smallest absolute Gasteiger partial charge is 0.258 e. The summed E-state index contributed by atoms with van der Waals surface area (Å²) in [6, 6.07) is 2.20. The minimum atomic E-state index is -0.543. The summed E-state index contributed by atoms with van der Waals surface area (Å²) in [5.41, 5.74) is 0.225. The second-order valence-corrected chi connectivity index (χ2v) is 3.16. The lowest BCUT2D eigenvalue weighted by molar-refractivity contribution is -0.386. The number of hydrogen-bond acceptors (Lipinski definition) is 2. The molecule has 5 heteroatoms. The van der Waals surface area contributed by atoms with Crippen LogP contribution in [0.4, 0.5) is 10.1 Å². The van der Waals surface area contributed by atoms with Gasteiger partial charge in [-0.15, -0.1) is 0 Å². The number of rotatable bonds is 1. The number of nitro groups is 1. The van der Waals surface area contributed by atoms with Gasteiger partial charge in [-0.1, -0.05) is 0 Å². The van der Waals surface area contributed by atoms with Gasteiger partial charge in [-0.2, -0.15) is 0 Å². The van der Waals surface area contributed by atoms with Crippen molar-refractivity contribution in [3.05, 3.63) is 38.1 Å².